The minimum Gasteiger partial charge on any atom is -0.342 e. The SMILES string of the molecule is O=C1S/C(=C\c2cn(Cc3ccc(F)cc3)c3ccc(Br)cc23)C(=O)N1Cc1ccc(Cl)cc1. The second-order valence-electron chi connectivity index (χ2n) is 7.89. The Morgan fingerprint density at radius 2 is 1.62 bits per heavy atom. The fourth-order valence-corrected chi connectivity index (χ4v) is 5.20. The van der Waals surface area contributed by atoms with E-state index < -0.39 is 0 Å². The molecule has 1 aliphatic rings. The van der Waals surface area contributed by atoms with Gasteiger partial charge in [0.2, 0.25) is 0 Å². The number of hydrogen-bond donors (Lipinski definition) is 0. The van der Waals surface area contributed by atoms with E-state index in [9.17, 15) is 14.0 Å². The summed E-state index contributed by atoms with van der Waals surface area (Å²) >= 11 is 10.4. The third-order valence-electron chi connectivity index (χ3n) is 5.55. The number of benzene rings is 3. The normalized spacial score (nSPS) is 15.1. The maximum atomic E-state index is 13.3. The van der Waals surface area contributed by atoms with Crippen molar-refractivity contribution >= 4 is 67.4 Å². The van der Waals surface area contributed by atoms with E-state index in [1.165, 1.54) is 17.0 Å². The first-order chi connectivity index (χ1) is 16.4. The first kappa shape index (κ1) is 22.9. The highest BCUT2D eigenvalue weighted by Crippen LogP contribution is 2.36. The van der Waals surface area contributed by atoms with Gasteiger partial charge in [0, 0.05) is 38.7 Å². The second kappa shape index (κ2) is 9.41. The van der Waals surface area contributed by atoms with E-state index in [1.807, 2.05) is 24.4 Å². The molecule has 0 unspecified atom stereocenters. The summed E-state index contributed by atoms with van der Waals surface area (Å²) in [5, 5.41) is 1.24. The van der Waals surface area contributed by atoms with Crippen molar-refractivity contribution in [1.82, 2.24) is 9.47 Å². The van der Waals surface area contributed by atoms with Crippen LogP contribution in [0.3, 0.4) is 0 Å². The van der Waals surface area contributed by atoms with E-state index in [2.05, 4.69) is 20.5 Å². The van der Waals surface area contributed by atoms with Gasteiger partial charge in [-0.25, -0.2) is 4.39 Å². The van der Waals surface area contributed by atoms with Crippen LogP contribution in [0.1, 0.15) is 16.7 Å². The van der Waals surface area contributed by atoms with Gasteiger partial charge in [-0.05, 0) is 71.4 Å². The minimum atomic E-state index is -0.320. The summed E-state index contributed by atoms with van der Waals surface area (Å²) < 4.78 is 16.3. The van der Waals surface area contributed by atoms with Crippen LogP contribution < -0.4 is 0 Å². The molecule has 0 bridgehead atoms. The Kier molecular flexibility index (Phi) is 6.34. The molecule has 1 aromatic heterocycles. The maximum absolute atomic E-state index is 13.3. The summed E-state index contributed by atoms with van der Waals surface area (Å²) in [5.74, 6) is -0.598. The van der Waals surface area contributed by atoms with Crippen LogP contribution in [0.5, 0.6) is 0 Å². The Labute approximate surface area is 213 Å². The van der Waals surface area contributed by atoms with Gasteiger partial charge in [-0.3, -0.25) is 14.5 Å². The lowest BCUT2D eigenvalue weighted by atomic mass is 10.1. The molecular formula is C26H17BrClFN2O2S. The molecule has 4 aromatic rings. The van der Waals surface area contributed by atoms with Crippen LogP contribution in [-0.4, -0.2) is 20.6 Å². The zero-order valence-corrected chi connectivity index (χ0v) is 20.8. The molecule has 4 nitrogen and oxygen atoms in total. The Morgan fingerprint density at radius 3 is 2.35 bits per heavy atom. The summed E-state index contributed by atoms with van der Waals surface area (Å²) in [6, 6.07) is 19.4. The van der Waals surface area contributed by atoms with Crippen LogP contribution in [0.4, 0.5) is 9.18 Å². The van der Waals surface area contributed by atoms with Gasteiger partial charge in [-0.1, -0.05) is 51.8 Å². The molecule has 0 saturated carbocycles. The van der Waals surface area contributed by atoms with Crippen LogP contribution >= 0.6 is 39.3 Å². The average molecular weight is 556 g/mol. The highest BCUT2D eigenvalue weighted by molar-refractivity contribution is 9.10. The van der Waals surface area contributed by atoms with Gasteiger partial charge in [-0.2, -0.15) is 0 Å². The van der Waals surface area contributed by atoms with E-state index in [-0.39, 0.29) is 23.5 Å². The van der Waals surface area contributed by atoms with Gasteiger partial charge >= 0.3 is 0 Å². The second-order valence-corrected chi connectivity index (χ2v) is 10.2. The fourth-order valence-electron chi connectivity index (χ4n) is 3.88. The number of aromatic nitrogens is 1. The van der Waals surface area contributed by atoms with Crippen molar-refractivity contribution in [2.75, 3.05) is 0 Å². The van der Waals surface area contributed by atoms with E-state index >= 15 is 0 Å². The largest absolute Gasteiger partial charge is 0.342 e. The van der Waals surface area contributed by atoms with Gasteiger partial charge < -0.3 is 4.57 Å². The lowest BCUT2D eigenvalue weighted by Crippen LogP contribution is -2.27. The number of carbonyl (C=O) groups is 2. The van der Waals surface area contributed by atoms with Gasteiger partial charge in [-0.15, -0.1) is 0 Å². The number of halogens is 3. The average Bonchev–Trinajstić information content (AvgIpc) is 3.28. The topological polar surface area (TPSA) is 42.3 Å². The molecule has 8 heteroatoms. The van der Waals surface area contributed by atoms with Crippen LogP contribution in [0, 0.1) is 5.82 Å². The molecule has 0 spiro atoms. The Bertz CT molecular complexity index is 1450. The Hall–Kier alpha value is -2.87. The molecule has 34 heavy (non-hydrogen) atoms. The number of carbonyl (C=O) groups excluding carboxylic acids is 2. The number of hydrogen-bond acceptors (Lipinski definition) is 3. The third-order valence-corrected chi connectivity index (χ3v) is 7.21. The quantitative estimate of drug-likeness (QED) is 0.240. The molecular weight excluding hydrogens is 539 g/mol. The van der Waals surface area contributed by atoms with Crippen LogP contribution in [0.2, 0.25) is 5.02 Å². The number of rotatable bonds is 5. The number of amides is 2. The molecule has 170 valence electrons. The molecule has 0 atom stereocenters. The van der Waals surface area contributed by atoms with Gasteiger partial charge in [0.05, 0.1) is 11.4 Å². The molecule has 1 saturated heterocycles. The monoisotopic (exact) mass is 554 g/mol. The summed E-state index contributed by atoms with van der Waals surface area (Å²) in [5.41, 5.74) is 3.58. The van der Waals surface area contributed by atoms with Crippen molar-refractivity contribution in [2.24, 2.45) is 0 Å². The first-order valence-electron chi connectivity index (χ1n) is 10.4. The zero-order valence-electron chi connectivity index (χ0n) is 17.7. The van der Waals surface area contributed by atoms with E-state index in [1.54, 1.807) is 42.5 Å². The number of nitrogens with zero attached hydrogens (tertiary/aromatic N) is 2. The molecule has 2 heterocycles. The standard InChI is InChI=1S/C26H17BrClFN2O2S/c27-19-5-10-23-22(12-19)18(15-30(23)13-16-3-8-21(29)9-4-16)11-24-25(32)31(26(33)34-24)14-17-1-6-20(28)7-2-17/h1-12,15H,13-14H2/b24-11-. The molecule has 0 N–H and O–H groups in total. The van der Waals surface area contributed by atoms with Crippen LogP contribution in [0.25, 0.3) is 17.0 Å². The molecule has 3 aromatic carbocycles. The molecule has 0 aliphatic carbocycles. The minimum absolute atomic E-state index is 0.192. The zero-order chi connectivity index (χ0) is 23.8. The first-order valence-corrected chi connectivity index (χ1v) is 12.4. The van der Waals surface area contributed by atoms with E-state index in [0.29, 0.717) is 16.5 Å². The van der Waals surface area contributed by atoms with Crippen molar-refractivity contribution in [2.45, 2.75) is 13.1 Å². The Balaban J connectivity index is 1.47. The highest BCUT2D eigenvalue weighted by Gasteiger charge is 2.35. The Morgan fingerprint density at radius 1 is 0.941 bits per heavy atom. The van der Waals surface area contributed by atoms with Crippen molar-refractivity contribution in [3.63, 3.8) is 0 Å². The third kappa shape index (κ3) is 4.69. The highest BCUT2D eigenvalue weighted by atomic mass is 79.9. The van der Waals surface area contributed by atoms with Crippen molar-refractivity contribution < 1.29 is 14.0 Å². The molecule has 1 aliphatic heterocycles. The smallest absolute Gasteiger partial charge is 0.293 e. The fraction of sp³-hybridized carbons (Fsp3) is 0.0769. The van der Waals surface area contributed by atoms with Crippen LogP contribution in [-0.2, 0) is 17.9 Å². The summed E-state index contributed by atoms with van der Waals surface area (Å²) in [6.45, 7) is 0.737. The lowest BCUT2D eigenvalue weighted by Gasteiger charge is -2.12. The van der Waals surface area contributed by atoms with Crippen molar-refractivity contribution in [3.8, 4) is 0 Å². The molecule has 5 rings (SSSR count). The van der Waals surface area contributed by atoms with Crippen LogP contribution in [0.15, 0.2) is 82.3 Å². The summed E-state index contributed by atoms with van der Waals surface area (Å²) in [4.78, 5) is 27.3. The predicted octanol–water partition coefficient (Wildman–Crippen LogP) is 7.48. The van der Waals surface area contributed by atoms with Crippen molar-refractivity contribution in [1.29, 1.82) is 0 Å². The molecule has 0 radical (unpaired) electrons. The molecule has 2 amide bonds. The number of thioether (sulfide) groups is 1. The summed E-state index contributed by atoms with van der Waals surface area (Å²) in [6.07, 6.45) is 3.72. The van der Waals surface area contributed by atoms with Gasteiger partial charge in [0.25, 0.3) is 11.1 Å². The number of fused-ring (bicyclic) bond motifs is 1. The molecule has 1 fully saturated rings. The predicted molar refractivity (Wildman–Crippen MR) is 138 cm³/mol. The van der Waals surface area contributed by atoms with Gasteiger partial charge in [0.1, 0.15) is 5.82 Å². The van der Waals surface area contributed by atoms with E-state index in [4.69, 9.17) is 11.6 Å². The van der Waals surface area contributed by atoms with Gasteiger partial charge in [0.15, 0.2) is 0 Å². The van der Waals surface area contributed by atoms with E-state index in [0.717, 1.165) is 43.8 Å². The maximum Gasteiger partial charge on any atom is 0.293 e. The number of imide groups is 1. The summed E-state index contributed by atoms with van der Waals surface area (Å²) in [7, 11) is 0. The lowest BCUT2D eigenvalue weighted by molar-refractivity contribution is -0.123. The van der Waals surface area contributed by atoms with Crippen molar-refractivity contribution in [3.05, 3.63) is 110 Å².